The summed E-state index contributed by atoms with van der Waals surface area (Å²) in [6, 6.07) is 0.414. The molecule has 1 rings (SSSR count). The summed E-state index contributed by atoms with van der Waals surface area (Å²) in [7, 11) is 7.05. The molecule has 0 aliphatic heterocycles. The molecule has 1 N–H and O–H groups in total. The van der Waals surface area contributed by atoms with Gasteiger partial charge in [-0.15, -0.1) is 0 Å². The van der Waals surface area contributed by atoms with Crippen LogP contribution in [0.2, 0.25) is 0 Å². The van der Waals surface area contributed by atoms with Gasteiger partial charge in [-0.1, -0.05) is 0 Å². The van der Waals surface area contributed by atoms with Crippen molar-refractivity contribution in [1.82, 2.24) is 10.2 Å². The Labute approximate surface area is 103 Å². The fourth-order valence-corrected chi connectivity index (χ4v) is 2.52. The number of hydrogen-bond acceptors (Lipinski definition) is 5. The van der Waals surface area contributed by atoms with Gasteiger partial charge < -0.3 is 19.7 Å². The number of carbonyl (C=O) groups excluding carboxylic acids is 1. The molecule has 1 aliphatic carbocycles. The Morgan fingerprint density at radius 3 is 2.76 bits per heavy atom. The Morgan fingerprint density at radius 2 is 2.24 bits per heavy atom. The van der Waals surface area contributed by atoms with E-state index in [1.165, 1.54) is 7.11 Å². The van der Waals surface area contributed by atoms with Crippen LogP contribution in [0.15, 0.2) is 0 Å². The molecule has 0 bridgehead atoms. The minimum absolute atomic E-state index is 0.150. The molecule has 17 heavy (non-hydrogen) atoms. The molecule has 0 aromatic rings. The second-order valence-corrected chi connectivity index (χ2v) is 4.69. The zero-order chi connectivity index (χ0) is 12.9. The minimum atomic E-state index is -0.499. The van der Waals surface area contributed by atoms with Crippen molar-refractivity contribution in [3.63, 3.8) is 0 Å². The van der Waals surface area contributed by atoms with Crippen molar-refractivity contribution >= 4 is 5.97 Å². The highest BCUT2D eigenvalue weighted by atomic mass is 16.5. The SMILES string of the molecule is CNC1(C(=O)OC)CCC(N(C)CCOC)C1. The van der Waals surface area contributed by atoms with Gasteiger partial charge in [-0.3, -0.25) is 4.79 Å². The van der Waals surface area contributed by atoms with E-state index in [0.29, 0.717) is 6.04 Å². The average molecular weight is 244 g/mol. The maximum Gasteiger partial charge on any atom is 0.326 e. The van der Waals surface area contributed by atoms with Gasteiger partial charge in [-0.2, -0.15) is 0 Å². The third-order valence-electron chi connectivity index (χ3n) is 3.81. The summed E-state index contributed by atoms with van der Waals surface area (Å²) in [5.74, 6) is -0.150. The lowest BCUT2D eigenvalue weighted by molar-refractivity contribution is -0.148. The van der Waals surface area contributed by atoms with E-state index in [4.69, 9.17) is 9.47 Å². The lowest BCUT2D eigenvalue weighted by Crippen LogP contribution is -2.50. The van der Waals surface area contributed by atoms with E-state index in [9.17, 15) is 4.79 Å². The van der Waals surface area contributed by atoms with Gasteiger partial charge in [-0.25, -0.2) is 0 Å². The molecule has 100 valence electrons. The van der Waals surface area contributed by atoms with Crippen molar-refractivity contribution in [3.05, 3.63) is 0 Å². The highest BCUT2D eigenvalue weighted by Crippen LogP contribution is 2.33. The van der Waals surface area contributed by atoms with Crippen molar-refractivity contribution in [1.29, 1.82) is 0 Å². The molecule has 0 heterocycles. The number of nitrogens with zero attached hydrogens (tertiary/aromatic N) is 1. The summed E-state index contributed by atoms with van der Waals surface area (Å²) >= 11 is 0. The standard InChI is InChI=1S/C12H24N2O3/c1-13-12(11(15)17-4)6-5-10(9-12)14(2)7-8-16-3/h10,13H,5-9H2,1-4H3. The van der Waals surface area contributed by atoms with Crippen LogP contribution in [0, 0.1) is 0 Å². The van der Waals surface area contributed by atoms with Crippen LogP contribution in [-0.2, 0) is 14.3 Å². The van der Waals surface area contributed by atoms with E-state index < -0.39 is 5.54 Å². The molecular formula is C12H24N2O3. The van der Waals surface area contributed by atoms with Gasteiger partial charge in [0.15, 0.2) is 0 Å². The Kier molecular flexibility index (Phi) is 5.36. The predicted octanol–water partition coefficient (Wildman–Crippen LogP) is 0.248. The lowest BCUT2D eigenvalue weighted by atomic mass is 9.97. The quantitative estimate of drug-likeness (QED) is 0.679. The molecule has 1 aliphatic rings. The monoisotopic (exact) mass is 244 g/mol. The van der Waals surface area contributed by atoms with Crippen LogP contribution in [0.5, 0.6) is 0 Å². The second-order valence-electron chi connectivity index (χ2n) is 4.69. The largest absolute Gasteiger partial charge is 0.468 e. The number of nitrogens with one attached hydrogen (secondary N) is 1. The van der Waals surface area contributed by atoms with Gasteiger partial charge >= 0.3 is 5.97 Å². The van der Waals surface area contributed by atoms with Gasteiger partial charge in [0.2, 0.25) is 0 Å². The number of ether oxygens (including phenoxy) is 2. The Balaban J connectivity index is 2.57. The van der Waals surface area contributed by atoms with Gasteiger partial charge in [0.25, 0.3) is 0 Å². The number of hydrogen-bond donors (Lipinski definition) is 1. The van der Waals surface area contributed by atoms with Crippen LogP contribution >= 0.6 is 0 Å². The molecule has 1 fully saturated rings. The number of likely N-dealkylation sites (N-methyl/N-ethyl adjacent to an activating group) is 2. The Bertz CT molecular complexity index is 260. The van der Waals surface area contributed by atoms with Crippen LogP contribution in [0.1, 0.15) is 19.3 Å². The maximum absolute atomic E-state index is 11.8. The molecule has 2 unspecified atom stereocenters. The second kappa shape index (κ2) is 6.33. The third-order valence-corrected chi connectivity index (χ3v) is 3.81. The fourth-order valence-electron chi connectivity index (χ4n) is 2.52. The zero-order valence-electron chi connectivity index (χ0n) is 11.3. The zero-order valence-corrected chi connectivity index (χ0v) is 11.3. The van der Waals surface area contributed by atoms with Gasteiger partial charge in [0.1, 0.15) is 5.54 Å². The molecule has 0 aromatic carbocycles. The van der Waals surface area contributed by atoms with Crippen molar-refractivity contribution < 1.29 is 14.3 Å². The first-order valence-electron chi connectivity index (χ1n) is 6.06. The highest BCUT2D eigenvalue weighted by molar-refractivity contribution is 5.81. The third kappa shape index (κ3) is 3.18. The fraction of sp³-hybridized carbons (Fsp3) is 0.917. The molecule has 5 nitrogen and oxygen atoms in total. The lowest BCUT2D eigenvalue weighted by Gasteiger charge is -2.28. The van der Waals surface area contributed by atoms with Crippen molar-refractivity contribution in [2.75, 3.05) is 41.5 Å². The van der Waals surface area contributed by atoms with Crippen molar-refractivity contribution in [2.24, 2.45) is 0 Å². The molecule has 0 amide bonds. The first-order valence-corrected chi connectivity index (χ1v) is 6.06. The summed E-state index contributed by atoms with van der Waals surface area (Å²) in [5, 5.41) is 3.14. The van der Waals surface area contributed by atoms with Crippen LogP contribution < -0.4 is 5.32 Å². The Hall–Kier alpha value is -0.650. The molecule has 1 saturated carbocycles. The summed E-state index contributed by atoms with van der Waals surface area (Å²) in [6.07, 6.45) is 2.64. The van der Waals surface area contributed by atoms with Crippen LogP contribution in [0.3, 0.4) is 0 Å². The number of methoxy groups -OCH3 is 2. The van der Waals surface area contributed by atoms with E-state index in [-0.39, 0.29) is 5.97 Å². The number of esters is 1. The molecule has 0 aromatic heterocycles. The smallest absolute Gasteiger partial charge is 0.326 e. The normalized spacial score (nSPS) is 28.6. The summed E-state index contributed by atoms with van der Waals surface area (Å²) in [5.41, 5.74) is -0.499. The maximum atomic E-state index is 11.8. The molecular weight excluding hydrogens is 220 g/mol. The van der Waals surface area contributed by atoms with Gasteiger partial charge in [0.05, 0.1) is 13.7 Å². The van der Waals surface area contributed by atoms with E-state index in [0.717, 1.165) is 32.4 Å². The summed E-state index contributed by atoms with van der Waals surface area (Å²) in [4.78, 5) is 14.1. The van der Waals surface area contributed by atoms with E-state index in [2.05, 4.69) is 17.3 Å². The van der Waals surface area contributed by atoms with E-state index in [1.807, 2.05) is 7.05 Å². The van der Waals surface area contributed by atoms with Crippen molar-refractivity contribution in [3.8, 4) is 0 Å². The van der Waals surface area contributed by atoms with Crippen LogP contribution in [0.25, 0.3) is 0 Å². The topological polar surface area (TPSA) is 50.8 Å². The molecule has 0 spiro atoms. The molecule has 2 atom stereocenters. The first-order chi connectivity index (χ1) is 8.09. The molecule has 0 radical (unpaired) electrons. The summed E-state index contributed by atoms with van der Waals surface area (Å²) in [6.45, 7) is 1.61. The average Bonchev–Trinajstić information content (AvgIpc) is 2.80. The van der Waals surface area contributed by atoms with E-state index >= 15 is 0 Å². The van der Waals surface area contributed by atoms with Crippen LogP contribution in [0.4, 0.5) is 0 Å². The number of rotatable bonds is 6. The van der Waals surface area contributed by atoms with Crippen LogP contribution in [-0.4, -0.2) is 63.9 Å². The first kappa shape index (κ1) is 14.4. The van der Waals surface area contributed by atoms with Gasteiger partial charge in [0, 0.05) is 19.7 Å². The van der Waals surface area contributed by atoms with Crippen molar-refractivity contribution in [2.45, 2.75) is 30.8 Å². The Morgan fingerprint density at radius 1 is 1.53 bits per heavy atom. The minimum Gasteiger partial charge on any atom is -0.468 e. The van der Waals surface area contributed by atoms with E-state index in [1.54, 1.807) is 7.11 Å². The highest BCUT2D eigenvalue weighted by Gasteiger charge is 2.46. The molecule has 5 heteroatoms. The summed E-state index contributed by atoms with van der Waals surface area (Å²) < 4.78 is 9.96. The molecule has 0 saturated heterocycles. The predicted molar refractivity (Wildman–Crippen MR) is 66.0 cm³/mol. The number of carbonyl (C=O) groups is 1. The van der Waals surface area contributed by atoms with Gasteiger partial charge in [-0.05, 0) is 33.4 Å².